The van der Waals surface area contributed by atoms with E-state index < -0.39 is 0 Å². The second kappa shape index (κ2) is 7.18. The van der Waals surface area contributed by atoms with Gasteiger partial charge in [-0.1, -0.05) is 0 Å². The summed E-state index contributed by atoms with van der Waals surface area (Å²) in [5.74, 6) is 2.26. The van der Waals surface area contributed by atoms with Gasteiger partial charge in [-0.25, -0.2) is 9.97 Å². The lowest BCUT2D eigenvalue weighted by molar-refractivity contribution is -0.132. The van der Waals surface area contributed by atoms with Gasteiger partial charge in [0.1, 0.15) is 18.0 Å². The summed E-state index contributed by atoms with van der Waals surface area (Å²) in [6.45, 7) is 1.22. The number of pyridine rings is 1. The van der Waals surface area contributed by atoms with Crippen LogP contribution in [0.1, 0.15) is 23.6 Å². The molecule has 0 fully saturated rings. The van der Waals surface area contributed by atoms with Crippen LogP contribution in [0.15, 0.2) is 24.7 Å². The van der Waals surface area contributed by atoms with Crippen molar-refractivity contribution in [2.75, 3.05) is 13.7 Å². The number of hydrogen-bond acceptors (Lipinski definition) is 6. The lowest BCUT2D eigenvalue weighted by atomic mass is 10.1. The van der Waals surface area contributed by atoms with Gasteiger partial charge in [0.25, 0.3) is 0 Å². The van der Waals surface area contributed by atoms with Crippen LogP contribution in [-0.4, -0.2) is 54.2 Å². The molecule has 0 unspecified atom stereocenters. The molecule has 4 rings (SSSR count). The Kier molecular flexibility index (Phi) is 4.57. The molecule has 4 heterocycles. The highest BCUT2D eigenvalue weighted by Crippen LogP contribution is 2.23. The van der Waals surface area contributed by atoms with Gasteiger partial charge >= 0.3 is 0 Å². The minimum absolute atomic E-state index is 0.117. The highest BCUT2D eigenvalue weighted by molar-refractivity contribution is 5.76. The Morgan fingerprint density at radius 2 is 2.26 bits per heavy atom. The third kappa shape index (κ3) is 3.53. The lowest BCUT2D eigenvalue weighted by Gasteiger charge is -2.26. The smallest absolute Gasteiger partial charge is 0.223 e. The van der Waals surface area contributed by atoms with Gasteiger partial charge in [-0.05, 0) is 6.07 Å². The molecule has 1 aliphatic heterocycles. The summed E-state index contributed by atoms with van der Waals surface area (Å²) in [5.41, 5.74) is 2.89. The van der Waals surface area contributed by atoms with E-state index in [1.807, 2.05) is 22.6 Å². The fraction of sp³-hybridized carbons (Fsp3) is 0.389. The van der Waals surface area contributed by atoms with Crippen LogP contribution in [0, 0.1) is 0 Å². The third-order valence-electron chi connectivity index (χ3n) is 4.77. The predicted molar refractivity (Wildman–Crippen MR) is 96.8 cm³/mol. The number of fused-ring (bicyclic) bond motifs is 1. The molecule has 3 aromatic heterocycles. The maximum atomic E-state index is 12.6. The summed E-state index contributed by atoms with van der Waals surface area (Å²) < 4.78 is 6.93. The van der Waals surface area contributed by atoms with Gasteiger partial charge in [0.05, 0.1) is 25.0 Å². The van der Waals surface area contributed by atoms with Crippen LogP contribution >= 0.6 is 0 Å². The van der Waals surface area contributed by atoms with E-state index in [2.05, 4.69) is 25.1 Å². The molecule has 0 saturated carbocycles. The molecule has 27 heavy (non-hydrogen) atoms. The van der Waals surface area contributed by atoms with Crippen molar-refractivity contribution in [2.45, 2.75) is 25.8 Å². The van der Waals surface area contributed by atoms with E-state index >= 15 is 0 Å². The average molecular weight is 367 g/mol. The summed E-state index contributed by atoms with van der Waals surface area (Å²) in [7, 11) is 3.47. The van der Waals surface area contributed by atoms with Gasteiger partial charge in [-0.15, -0.1) is 10.2 Å². The van der Waals surface area contributed by atoms with E-state index in [1.54, 1.807) is 25.7 Å². The zero-order chi connectivity index (χ0) is 18.8. The molecule has 1 amide bonds. The molecule has 1 N–H and O–H groups in total. The number of rotatable bonds is 5. The van der Waals surface area contributed by atoms with E-state index in [0.717, 1.165) is 35.0 Å². The van der Waals surface area contributed by atoms with Crippen molar-refractivity contribution >= 4 is 5.91 Å². The van der Waals surface area contributed by atoms with Crippen molar-refractivity contribution in [3.8, 4) is 17.3 Å². The standard InChI is InChI=1S/C18H21N7O2/c1-24-11-20-23-15(24)4-6-17(26)25-8-7-13-14(10-25)22-18(21-13)12-3-5-16(27-2)19-9-12/h3,5,9,11H,4,6-8,10H2,1-2H3,(H,21,22). The minimum atomic E-state index is 0.117. The van der Waals surface area contributed by atoms with Crippen LogP contribution in [0.4, 0.5) is 0 Å². The number of hydrogen-bond donors (Lipinski definition) is 1. The number of amides is 1. The van der Waals surface area contributed by atoms with Crippen molar-refractivity contribution < 1.29 is 9.53 Å². The highest BCUT2D eigenvalue weighted by Gasteiger charge is 2.24. The molecule has 0 saturated heterocycles. The quantitative estimate of drug-likeness (QED) is 0.725. The molecule has 0 bridgehead atoms. The van der Waals surface area contributed by atoms with Crippen LogP contribution < -0.4 is 4.74 Å². The number of methoxy groups -OCH3 is 1. The first-order valence-corrected chi connectivity index (χ1v) is 8.83. The van der Waals surface area contributed by atoms with Crippen molar-refractivity contribution in [1.29, 1.82) is 0 Å². The molecule has 3 aromatic rings. The maximum Gasteiger partial charge on any atom is 0.223 e. The maximum absolute atomic E-state index is 12.6. The number of imidazole rings is 1. The molecular formula is C18H21N7O2. The number of H-pyrrole nitrogens is 1. The summed E-state index contributed by atoms with van der Waals surface area (Å²) in [6.07, 6.45) is 5.13. The number of aryl methyl sites for hydroxylation is 2. The van der Waals surface area contributed by atoms with Crippen LogP contribution in [-0.2, 0) is 31.2 Å². The van der Waals surface area contributed by atoms with Gasteiger partial charge < -0.3 is 19.2 Å². The fourth-order valence-corrected chi connectivity index (χ4v) is 3.19. The monoisotopic (exact) mass is 367 g/mol. The topological polar surface area (TPSA) is 102 Å². The average Bonchev–Trinajstić information content (AvgIpc) is 3.31. The Balaban J connectivity index is 1.42. The second-order valence-corrected chi connectivity index (χ2v) is 6.52. The molecule has 0 aliphatic carbocycles. The van der Waals surface area contributed by atoms with Crippen LogP contribution in [0.3, 0.4) is 0 Å². The Bertz CT molecular complexity index is 945. The molecule has 0 atom stereocenters. The molecule has 140 valence electrons. The van der Waals surface area contributed by atoms with Gasteiger partial charge in [0.15, 0.2) is 0 Å². The van der Waals surface area contributed by atoms with Crippen LogP contribution in [0.5, 0.6) is 5.88 Å². The molecule has 0 spiro atoms. The zero-order valence-corrected chi connectivity index (χ0v) is 15.3. The summed E-state index contributed by atoms with van der Waals surface area (Å²) >= 11 is 0. The zero-order valence-electron chi connectivity index (χ0n) is 15.3. The molecular weight excluding hydrogens is 346 g/mol. The number of ether oxygens (including phenoxy) is 1. The second-order valence-electron chi connectivity index (χ2n) is 6.52. The number of carbonyl (C=O) groups is 1. The van der Waals surface area contributed by atoms with Gasteiger partial charge in [0, 0.05) is 50.7 Å². The predicted octanol–water partition coefficient (Wildman–Crippen LogP) is 1.13. The van der Waals surface area contributed by atoms with Gasteiger partial charge in [-0.3, -0.25) is 4.79 Å². The van der Waals surface area contributed by atoms with E-state index in [4.69, 9.17) is 4.74 Å². The minimum Gasteiger partial charge on any atom is -0.481 e. The van der Waals surface area contributed by atoms with Crippen molar-refractivity contribution in [1.82, 2.24) is 34.6 Å². The molecule has 0 radical (unpaired) electrons. The van der Waals surface area contributed by atoms with Crippen molar-refractivity contribution in [3.05, 3.63) is 41.9 Å². The van der Waals surface area contributed by atoms with Gasteiger partial charge in [0.2, 0.25) is 11.8 Å². The van der Waals surface area contributed by atoms with E-state index in [0.29, 0.717) is 31.8 Å². The van der Waals surface area contributed by atoms with Gasteiger partial charge in [-0.2, -0.15) is 0 Å². The Morgan fingerprint density at radius 1 is 1.37 bits per heavy atom. The summed E-state index contributed by atoms with van der Waals surface area (Å²) in [5, 5.41) is 7.88. The number of nitrogens with zero attached hydrogens (tertiary/aromatic N) is 6. The molecule has 1 aliphatic rings. The molecule has 0 aromatic carbocycles. The number of carbonyl (C=O) groups excluding carboxylic acids is 1. The summed E-state index contributed by atoms with van der Waals surface area (Å²) in [6, 6.07) is 3.72. The number of aromatic amines is 1. The highest BCUT2D eigenvalue weighted by atomic mass is 16.5. The third-order valence-corrected chi connectivity index (χ3v) is 4.77. The lowest BCUT2D eigenvalue weighted by Crippen LogP contribution is -2.36. The Hall–Kier alpha value is -3.23. The Morgan fingerprint density at radius 3 is 2.96 bits per heavy atom. The first kappa shape index (κ1) is 17.2. The Labute approximate surface area is 156 Å². The largest absolute Gasteiger partial charge is 0.481 e. The van der Waals surface area contributed by atoms with E-state index in [1.165, 1.54) is 0 Å². The summed E-state index contributed by atoms with van der Waals surface area (Å²) in [4.78, 5) is 26.7. The SMILES string of the molecule is COc1ccc(-c2nc3c([nH]2)CN(C(=O)CCc2nncn2C)CC3)cn1. The van der Waals surface area contributed by atoms with Crippen LogP contribution in [0.2, 0.25) is 0 Å². The van der Waals surface area contributed by atoms with E-state index in [-0.39, 0.29) is 5.91 Å². The van der Waals surface area contributed by atoms with Crippen molar-refractivity contribution in [2.24, 2.45) is 7.05 Å². The fourth-order valence-electron chi connectivity index (χ4n) is 3.19. The molecule has 9 nitrogen and oxygen atoms in total. The first-order valence-electron chi connectivity index (χ1n) is 8.83. The first-order chi connectivity index (χ1) is 13.1. The normalized spacial score (nSPS) is 13.5. The number of nitrogens with one attached hydrogen (secondary N) is 1. The van der Waals surface area contributed by atoms with E-state index in [9.17, 15) is 4.79 Å². The van der Waals surface area contributed by atoms with Crippen LogP contribution in [0.25, 0.3) is 11.4 Å². The number of aromatic nitrogens is 6. The van der Waals surface area contributed by atoms with Crippen molar-refractivity contribution in [3.63, 3.8) is 0 Å². The molecule has 9 heteroatoms.